The second-order valence-electron chi connectivity index (χ2n) is 3.41. The smallest absolute Gasteiger partial charge is 0.278 e. The van der Waals surface area contributed by atoms with Crippen molar-refractivity contribution in [3.8, 4) is 5.75 Å². The van der Waals surface area contributed by atoms with Crippen LogP contribution in [0.15, 0.2) is 18.2 Å². The molecule has 0 aliphatic carbocycles. The fourth-order valence-corrected chi connectivity index (χ4v) is 1.28. The molecular weight excluding hydrogens is 256 g/mol. The van der Waals surface area contributed by atoms with Gasteiger partial charge in [-0.1, -0.05) is 0 Å². The third kappa shape index (κ3) is 4.19. The number of hydrogen-bond donors (Lipinski definition) is 1. The minimum atomic E-state index is -0.570. The molecule has 0 radical (unpaired) electrons. The predicted octanol–water partition coefficient (Wildman–Crippen LogP) is 0.911. The van der Waals surface area contributed by atoms with Gasteiger partial charge < -0.3 is 9.47 Å². The summed E-state index contributed by atoms with van der Waals surface area (Å²) >= 11 is 0. The van der Waals surface area contributed by atoms with Crippen LogP contribution in [0.1, 0.15) is 10.4 Å². The zero-order valence-corrected chi connectivity index (χ0v) is 10.5. The Kier molecular flexibility index (Phi) is 5.71. The highest BCUT2D eigenvalue weighted by Gasteiger charge is 2.16. The topological polar surface area (TPSA) is 99.9 Å². The second kappa shape index (κ2) is 7.29. The van der Waals surface area contributed by atoms with Crippen LogP contribution in [-0.2, 0) is 9.57 Å². The predicted molar refractivity (Wildman–Crippen MR) is 64.9 cm³/mol. The Morgan fingerprint density at radius 1 is 1.37 bits per heavy atom. The molecule has 0 aliphatic heterocycles. The van der Waals surface area contributed by atoms with E-state index in [1.807, 2.05) is 0 Å². The molecule has 0 saturated heterocycles. The summed E-state index contributed by atoms with van der Waals surface area (Å²) in [6.07, 6.45) is 0. The largest absolute Gasteiger partial charge is 0.496 e. The quantitative estimate of drug-likeness (QED) is 0.449. The number of rotatable bonds is 7. The van der Waals surface area contributed by atoms with E-state index in [9.17, 15) is 14.9 Å². The lowest BCUT2D eigenvalue weighted by Crippen LogP contribution is -2.25. The standard InChI is InChI=1S/C11H14N2O6/c1-17-5-6-19-12-11(14)9-4-3-8(13(15)16)7-10(9)18-2/h3-4,7H,5-6H2,1-2H3,(H,12,14). The first-order valence-electron chi connectivity index (χ1n) is 5.33. The number of hydroxylamine groups is 1. The number of ether oxygens (including phenoxy) is 2. The molecule has 0 heterocycles. The van der Waals surface area contributed by atoms with Gasteiger partial charge in [-0.2, -0.15) is 0 Å². The van der Waals surface area contributed by atoms with Crippen LogP contribution in [0.3, 0.4) is 0 Å². The maximum Gasteiger partial charge on any atom is 0.278 e. The van der Waals surface area contributed by atoms with Gasteiger partial charge in [-0.3, -0.25) is 19.7 Å². The number of benzene rings is 1. The van der Waals surface area contributed by atoms with Crippen molar-refractivity contribution in [2.45, 2.75) is 0 Å². The minimum absolute atomic E-state index is 0.0991. The molecule has 1 amide bonds. The number of carbonyl (C=O) groups excluding carboxylic acids is 1. The van der Waals surface area contributed by atoms with Crippen molar-refractivity contribution in [2.75, 3.05) is 27.4 Å². The Labute approximate surface area is 109 Å². The highest BCUT2D eigenvalue weighted by Crippen LogP contribution is 2.24. The zero-order chi connectivity index (χ0) is 14.3. The molecule has 0 saturated carbocycles. The lowest BCUT2D eigenvalue weighted by molar-refractivity contribution is -0.384. The van der Waals surface area contributed by atoms with Crippen molar-refractivity contribution >= 4 is 11.6 Å². The summed E-state index contributed by atoms with van der Waals surface area (Å²) in [5.74, 6) is -0.454. The average molecular weight is 270 g/mol. The Bertz CT molecular complexity index is 462. The number of methoxy groups -OCH3 is 2. The molecule has 0 spiro atoms. The average Bonchev–Trinajstić information content (AvgIpc) is 2.42. The highest BCUT2D eigenvalue weighted by molar-refractivity contribution is 5.96. The van der Waals surface area contributed by atoms with Crippen LogP contribution in [0.2, 0.25) is 0 Å². The van der Waals surface area contributed by atoms with Crippen LogP contribution < -0.4 is 10.2 Å². The molecule has 8 nitrogen and oxygen atoms in total. The van der Waals surface area contributed by atoms with Crippen LogP contribution in [-0.4, -0.2) is 38.3 Å². The van der Waals surface area contributed by atoms with Crippen molar-refractivity contribution in [2.24, 2.45) is 0 Å². The molecular formula is C11H14N2O6. The van der Waals surface area contributed by atoms with Crippen molar-refractivity contribution in [1.29, 1.82) is 0 Å². The van der Waals surface area contributed by atoms with Crippen molar-refractivity contribution in [3.63, 3.8) is 0 Å². The molecule has 0 atom stereocenters. The third-order valence-corrected chi connectivity index (χ3v) is 2.19. The van der Waals surface area contributed by atoms with E-state index in [0.29, 0.717) is 6.61 Å². The molecule has 0 bridgehead atoms. The SMILES string of the molecule is COCCONC(=O)c1ccc([N+](=O)[O-])cc1OC. The van der Waals surface area contributed by atoms with Gasteiger partial charge in [0.15, 0.2) is 0 Å². The first-order chi connectivity index (χ1) is 9.10. The van der Waals surface area contributed by atoms with Crippen LogP contribution >= 0.6 is 0 Å². The number of carbonyl (C=O) groups is 1. The van der Waals surface area contributed by atoms with Crippen LogP contribution in [0.25, 0.3) is 0 Å². The van der Waals surface area contributed by atoms with Gasteiger partial charge in [-0.25, -0.2) is 5.48 Å². The maximum absolute atomic E-state index is 11.7. The Hall–Kier alpha value is -2.19. The number of nitrogens with one attached hydrogen (secondary N) is 1. The van der Waals surface area contributed by atoms with Crippen molar-refractivity contribution in [1.82, 2.24) is 5.48 Å². The maximum atomic E-state index is 11.7. The van der Waals surface area contributed by atoms with E-state index in [4.69, 9.17) is 14.3 Å². The van der Waals surface area contributed by atoms with Gasteiger partial charge >= 0.3 is 0 Å². The normalized spacial score (nSPS) is 10.0. The van der Waals surface area contributed by atoms with E-state index in [1.165, 1.54) is 32.4 Å². The van der Waals surface area contributed by atoms with Crippen LogP contribution in [0, 0.1) is 10.1 Å². The van der Waals surface area contributed by atoms with E-state index >= 15 is 0 Å². The molecule has 104 valence electrons. The number of hydrogen-bond acceptors (Lipinski definition) is 6. The fourth-order valence-electron chi connectivity index (χ4n) is 1.28. The number of nitro benzene ring substituents is 1. The summed E-state index contributed by atoms with van der Waals surface area (Å²) in [7, 11) is 2.83. The Balaban J connectivity index is 2.76. The van der Waals surface area contributed by atoms with Gasteiger partial charge in [0.05, 0.1) is 36.9 Å². The summed E-state index contributed by atoms with van der Waals surface area (Å²) < 4.78 is 9.68. The summed E-state index contributed by atoms with van der Waals surface area (Å²) in [6, 6.07) is 3.68. The molecule has 1 aromatic rings. The van der Waals surface area contributed by atoms with Crippen LogP contribution in [0.5, 0.6) is 5.75 Å². The van der Waals surface area contributed by atoms with Crippen molar-refractivity contribution in [3.05, 3.63) is 33.9 Å². The lowest BCUT2D eigenvalue weighted by atomic mass is 10.1. The second-order valence-corrected chi connectivity index (χ2v) is 3.41. The Morgan fingerprint density at radius 3 is 2.68 bits per heavy atom. The first-order valence-corrected chi connectivity index (χ1v) is 5.33. The third-order valence-electron chi connectivity index (χ3n) is 2.19. The van der Waals surface area contributed by atoms with E-state index in [2.05, 4.69) is 5.48 Å². The summed E-state index contributed by atoms with van der Waals surface area (Å²) in [4.78, 5) is 26.6. The fraction of sp³-hybridized carbons (Fsp3) is 0.364. The van der Waals surface area contributed by atoms with Gasteiger partial charge in [0.25, 0.3) is 11.6 Å². The molecule has 1 N–H and O–H groups in total. The summed E-state index contributed by atoms with van der Waals surface area (Å²) in [5.41, 5.74) is 2.17. The van der Waals surface area contributed by atoms with Gasteiger partial charge in [0.1, 0.15) is 5.75 Å². The molecule has 0 unspecified atom stereocenters. The highest BCUT2D eigenvalue weighted by atomic mass is 16.7. The van der Waals surface area contributed by atoms with E-state index in [0.717, 1.165) is 0 Å². The van der Waals surface area contributed by atoms with Gasteiger partial charge in [0.2, 0.25) is 0 Å². The van der Waals surface area contributed by atoms with Crippen LogP contribution in [0.4, 0.5) is 5.69 Å². The molecule has 1 aromatic carbocycles. The lowest BCUT2D eigenvalue weighted by Gasteiger charge is -2.09. The number of nitrogens with zero attached hydrogens (tertiary/aromatic N) is 1. The van der Waals surface area contributed by atoms with Gasteiger partial charge in [-0.15, -0.1) is 0 Å². The number of nitro groups is 1. The molecule has 0 aliphatic rings. The number of non-ortho nitro benzene ring substituents is 1. The molecule has 1 rings (SSSR count). The molecule has 8 heteroatoms. The van der Waals surface area contributed by atoms with Crippen molar-refractivity contribution < 1.29 is 24.0 Å². The Morgan fingerprint density at radius 2 is 2.11 bits per heavy atom. The van der Waals surface area contributed by atoms with Gasteiger partial charge in [0, 0.05) is 13.2 Å². The monoisotopic (exact) mass is 270 g/mol. The minimum Gasteiger partial charge on any atom is -0.496 e. The van der Waals surface area contributed by atoms with E-state index < -0.39 is 10.8 Å². The molecule has 19 heavy (non-hydrogen) atoms. The summed E-state index contributed by atoms with van der Waals surface area (Å²) in [5, 5.41) is 10.6. The molecule has 0 aromatic heterocycles. The zero-order valence-electron chi connectivity index (χ0n) is 10.5. The van der Waals surface area contributed by atoms with Gasteiger partial charge in [-0.05, 0) is 6.07 Å². The van der Waals surface area contributed by atoms with E-state index in [-0.39, 0.29) is 23.6 Å². The first kappa shape index (κ1) is 14.9. The number of amides is 1. The molecule has 0 fully saturated rings. The summed E-state index contributed by atoms with van der Waals surface area (Å²) in [6.45, 7) is 0.523. The van der Waals surface area contributed by atoms with E-state index in [1.54, 1.807) is 0 Å².